The third-order valence-electron chi connectivity index (χ3n) is 2.11. The third-order valence-corrected chi connectivity index (χ3v) is 2.11. The maximum atomic E-state index is 11.7. The van der Waals surface area contributed by atoms with Gasteiger partial charge < -0.3 is 15.7 Å². The molecule has 10 heteroatoms. The van der Waals surface area contributed by atoms with Crippen LogP contribution < -0.4 is 10.6 Å². The van der Waals surface area contributed by atoms with E-state index in [9.17, 15) is 26.3 Å². The summed E-state index contributed by atoms with van der Waals surface area (Å²) in [5.74, 6) is 0. The van der Waals surface area contributed by atoms with Crippen LogP contribution in [-0.4, -0.2) is 50.1 Å². The van der Waals surface area contributed by atoms with Gasteiger partial charge in [-0.3, -0.25) is 4.79 Å². The van der Waals surface area contributed by atoms with Gasteiger partial charge in [0.1, 0.15) is 0 Å². The lowest BCUT2D eigenvalue weighted by Crippen LogP contribution is -2.29. The molecule has 0 amide bonds. The second-order valence-corrected chi connectivity index (χ2v) is 4.10. The molecule has 0 aliphatic rings. The molecule has 0 aliphatic carbocycles. The number of nitrogens with one attached hydrogen (secondary N) is 2. The summed E-state index contributed by atoms with van der Waals surface area (Å²) in [5.41, 5.74) is 0. The van der Waals surface area contributed by atoms with Gasteiger partial charge in [-0.2, -0.15) is 26.3 Å². The van der Waals surface area contributed by atoms with Crippen molar-refractivity contribution in [2.24, 2.45) is 0 Å². The molecule has 0 fully saturated rings. The molecule has 128 valence electrons. The number of carboxylic acid groups (broad SMARTS) is 1. The normalized spacial score (nSPS) is 11.7. The predicted octanol–water partition coefficient (Wildman–Crippen LogP) is 2.55. The summed E-state index contributed by atoms with van der Waals surface area (Å²) in [6, 6.07) is 0. The van der Waals surface area contributed by atoms with Gasteiger partial charge in [0.05, 0.1) is 13.1 Å². The zero-order valence-electron chi connectivity index (χ0n) is 11.4. The van der Waals surface area contributed by atoms with E-state index in [0.29, 0.717) is 25.7 Å². The molecule has 0 aliphatic heterocycles. The van der Waals surface area contributed by atoms with Gasteiger partial charge in [-0.05, 0) is 25.9 Å². The molecule has 0 unspecified atom stereocenters. The quantitative estimate of drug-likeness (QED) is 0.346. The number of halogens is 6. The van der Waals surface area contributed by atoms with Crippen LogP contribution >= 0.6 is 0 Å². The predicted molar refractivity (Wildman–Crippen MR) is 65.0 cm³/mol. The monoisotopic (exact) mass is 326 g/mol. The van der Waals surface area contributed by atoms with E-state index < -0.39 is 25.4 Å². The Hall–Kier alpha value is -1.03. The third kappa shape index (κ3) is 28.0. The Labute approximate surface area is 118 Å². The molecule has 0 radical (unpaired) electrons. The summed E-state index contributed by atoms with van der Waals surface area (Å²) >= 11 is 0. The van der Waals surface area contributed by atoms with Crippen LogP contribution in [0.15, 0.2) is 0 Å². The van der Waals surface area contributed by atoms with Crippen LogP contribution in [0.1, 0.15) is 25.7 Å². The first-order valence-corrected chi connectivity index (χ1v) is 6.25. The minimum absolute atomic E-state index is 0.250. The lowest BCUT2D eigenvalue weighted by Gasteiger charge is -2.09. The van der Waals surface area contributed by atoms with E-state index in [-0.39, 0.29) is 19.6 Å². The van der Waals surface area contributed by atoms with Crippen LogP contribution in [0.4, 0.5) is 26.3 Å². The minimum Gasteiger partial charge on any atom is -0.483 e. The Bertz CT molecular complexity index is 224. The Morgan fingerprint density at radius 2 is 1.05 bits per heavy atom. The van der Waals surface area contributed by atoms with Crippen molar-refractivity contribution in [3.05, 3.63) is 0 Å². The fourth-order valence-electron chi connectivity index (χ4n) is 1.31. The zero-order chi connectivity index (χ0) is 16.8. The lowest BCUT2D eigenvalue weighted by molar-refractivity contribution is -0.125. The van der Waals surface area contributed by atoms with Crippen LogP contribution in [0.2, 0.25) is 0 Å². The van der Waals surface area contributed by atoms with E-state index in [1.807, 2.05) is 0 Å². The highest BCUT2D eigenvalue weighted by Gasteiger charge is 2.26. The minimum atomic E-state index is -4.19. The van der Waals surface area contributed by atoms with Crippen molar-refractivity contribution in [3.8, 4) is 0 Å². The van der Waals surface area contributed by atoms with Gasteiger partial charge >= 0.3 is 12.4 Å². The van der Waals surface area contributed by atoms with E-state index in [2.05, 4.69) is 10.6 Å². The first-order chi connectivity index (χ1) is 9.62. The maximum Gasteiger partial charge on any atom is 0.401 e. The van der Waals surface area contributed by atoms with Crippen LogP contribution in [0.25, 0.3) is 0 Å². The standard InChI is InChI=1S/C10H18F6N2.CH2O2/c11-9(12,13)7-17-5-3-1-2-4-6-18-8-10(14,15)16;2-1-3/h17-18H,1-8H2;1H,(H,2,3). The Morgan fingerprint density at radius 3 is 1.29 bits per heavy atom. The first-order valence-electron chi connectivity index (χ1n) is 6.25. The summed E-state index contributed by atoms with van der Waals surface area (Å²) in [6.07, 6.45) is -5.79. The van der Waals surface area contributed by atoms with Crippen LogP contribution in [-0.2, 0) is 4.79 Å². The molecule has 0 saturated heterocycles. The SMILES string of the molecule is FC(F)(F)CNCCCCCCNCC(F)(F)F.O=CO. The number of carbonyl (C=O) groups is 1. The zero-order valence-corrected chi connectivity index (χ0v) is 11.4. The van der Waals surface area contributed by atoms with Crippen LogP contribution in [0.3, 0.4) is 0 Å². The molecule has 3 N–H and O–H groups in total. The second-order valence-electron chi connectivity index (χ2n) is 4.10. The molecule has 0 aromatic heterocycles. The van der Waals surface area contributed by atoms with Gasteiger partial charge in [0, 0.05) is 0 Å². The lowest BCUT2D eigenvalue weighted by atomic mass is 10.2. The van der Waals surface area contributed by atoms with Gasteiger partial charge in [0.2, 0.25) is 0 Å². The fraction of sp³-hybridized carbons (Fsp3) is 0.909. The molecular weight excluding hydrogens is 306 g/mol. The van der Waals surface area contributed by atoms with Crippen molar-refractivity contribution in [1.29, 1.82) is 0 Å². The molecule has 0 heterocycles. The molecule has 0 spiro atoms. The van der Waals surface area contributed by atoms with Crippen LogP contribution in [0.5, 0.6) is 0 Å². The van der Waals surface area contributed by atoms with E-state index in [1.165, 1.54) is 0 Å². The summed E-state index contributed by atoms with van der Waals surface area (Å²) in [7, 11) is 0. The number of alkyl halides is 6. The highest BCUT2D eigenvalue weighted by Crippen LogP contribution is 2.13. The largest absolute Gasteiger partial charge is 0.483 e. The molecule has 0 atom stereocenters. The van der Waals surface area contributed by atoms with Crippen LogP contribution in [0, 0.1) is 0 Å². The molecule has 21 heavy (non-hydrogen) atoms. The van der Waals surface area contributed by atoms with Gasteiger partial charge in [0.25, 0.3) is 6.47 Å². The Kier molecular flexibility index (Phi) is 13.4. The summed E-state index contributed by atoms with van der Waals surface area (Å²) in [4.78, 5) is 8.36. The number of hydrogen-bond acceptors (Lipinski definition) is 3. The van der Waals surface area contributed by atoms with E-state index in [4.69, 9.17) is 9.90 Å². The van der Waals surface area contributed by atoms with Crippen molar-refractivity contribution in [2.45, 2.75) is 38.0 Å². The molecular formula is C11H20F6N2O2. The van der Waals surface area contributed by atoms with E-state index in [1.54, 1.807) is 0 Å². The highest BCUT2D eigenvalue weighted by molar-refractivity contribution is 5.32. The Morgan fingerprint density at radius 1 is 0.762 bits per heavy atom. The molecule has 0 aromatic carbocycles. The second kappa shape index (κ2) is 12.7. The number of rotatable bonds is 9. The van der Waals surface area contributed by atoms with E-state index >= 15 is 0 Å². The highest BCUT2D eigenvalue weighted by atomic mass is 19.4. The van der Waals surface area contributed by atoms with Gasteiger partial charge in [0.15, 0.2) is 0 Å². The first kappa shape index (κ1) is 22.3. The van der Waals surface area contributed by atoms with Crippen molar-refractivity contribution < 1.29 is 36.2 Å². The average molecular weight is 326 g/mol. The summed E-state index contributed by atoms with van der Waals surface area (Å²) in [5, 5.41) is 11.4. The Balaban J connectivity index is 0. The fourth-order valence-corrected chi connectivity index (χ4v) is 1.31. The summed E-state index contributed by atoms with van der Waals surface area (Å²) in [6.45, 7) is -1.70. The smallest absolute Gasteiger partial charge is 0.401 e. The number of unbranched alkanes of at least 4 members (excludes halogenated alkanes) is 3. The molecule has 4 nitrogen and oxygen atoms in total. The summed E-state index contributed by atoms with van der Waals surface area (Å²) < 4.78 is 70.2. The van der Waals surface area contributed by atoms with Crippen molar-refractivity contribution >= 4 is 6.47 Å². The van der Waals surface area contributed by atoms with E-state index in [0.717, 1.165) is 0 Å². The average Bonchev–Trinajstić information content (AvgIpc) is 2.30. The molecule has 0 aromatic rings. The number of hydrogen-bond donors (Lipinski definition) is 3. The topological polar surface area (TPSA) is 61.4 Å². The van der Waals surface area contributed by atoms with Gasteiger partial charge in [-0.15, -0.1) is 0 Å². The van der Waals surface area contributed by atoms with Gasteiger partial charge in [-0.1, -0.05) is 12.8 Å². The van der Waals surface area contributed by atoms with Gasteiger partial charge in [-0.25, -0.2) is 0 Å². The van der Waals surface area contributed by atoms with Crippen molar-refractivity contribution in [3.63, 3.8) is 0 Å². The van der Waals surface area contributed by atoms with Crippen molar-refractivity contribution in [1.82, 2.24) is 10.6 Å². The molecule has 0 saturated carbocycles. The van der Waals surface area contributed by atoms with Crippen molar-refractivity contribution in [2.75, 3.05) is 26.2 Å². The molecule has 0 rings (SSSR count). The molecule has 0 bridgehead atoms. The maximum absolute atomic E-state index is 11.7.